The molecule has 1 heterocycles. The average molecular weight is 147 g/mol. The predicted molar refractivity (Wildman–Crippen MR) is 45.0 cm³/mol. The van der Waals surface area contributed by atoms with E-state index in [0.29, 0.717) is 0 Å². The maximum absolute atomic E-state index is 9.84. The molecule has 0 aliphatic heterocycles. The van der Waals surface area contributed by atoms with E-state index >= 15 is 0 Å². The van der Waals surface area contributed by atoms with Gasteiger partial charge in [-0.3, -0.25) is 4.79 Å². The van der Waals surface area contributed by atoms with Crippen molar-refractivity contribution in [1.82, 2.24) is 4.98 Å². The topological polar surface area (TPSA) is 32.9 Å². The number of rotatable bonds is 3. The van der Waals surface area contributed by atoms with Gasteiger partial charge >= 0.3 is 0 Å². The highest BCUT2D eigenvalue weighted by molar-refractivity contribution is 5.66. The first-order valence-corrected chi connectivity index (χ1v) is 3.35. The molecule has 0 aromatic carbocycles. The summed E-state index contributed by atoms with van der Waals surface area (Å²) in [5.74, 6) is 0. The SMILES string of the molecule is O=CC=CC=Cc1cc[nH]c1. The number of allylic oxidation sites excluding steroid dienone is 3. The molecule has 56 valence electrons. The molecule has 1 aromatic heterocycles. The van der Waals surface area contributed by atoms with Gasteiger partial charge in [-0.1, -0.05) is 18.2 Å². The smallest absolute Gasteiger partial charge is 0.142 e. The highest BCUT2D eigenvalue weighted by Gasteiger charge is 1.80. The van der Waals surface area contributed by atoms with Gasteiger partial charge in [-0.25, -0.2) is 0 Å². The molecular formula is C9H9NO. The predicted octanol–water partition coefficient (Wildman–Crippen LogP) is 1.78. The van der Waals surface area contributed by atoms with Crippen LogP contribution in [0.5, 0.6) is 0 Å². The van der Waals surface area contributed by atoms with Crippen molar-refractivity contribution in [3.8, 4) is 0 Å². The molecule has 0 amide bonds. The first kappa shape index (κ1) is 7.54. The van der Waals surface area contributed by atoms with Gasteiger partial charge in [0, 0.05) is 12.4 Å². The minimum atomic E-state index is 0.751. The molecule has 0 bridgehead atoms. The Morgan fingerprint density at radius 1 is 1.27 bits per heavy atom. The van der Waals surface area contributed by atoms with Crippen LogP contribution in [0.2, 0.25) is 0 Å². The molecule has 2 heteroatoms. The molecule has 1 N–H and O–H groups in total. The van der Waals surface area contributed by atoms with Crippen LogP contribution >= 0.6 is 0 Å². The van der Waals surface area contributed by atoms with Crippen molar-refractivity contribution < 1.29 is 4.79 Å². The lowest BCUT2D eigenvalue weighted by molar-refractivity contribution is -0.104. The van der Waals surface area contributed by atoms with Crippen LogP contribution in [-0.4, -0.2) is 11.3 Å². The standard InChI is InChI=1S/C9H9NO/c11-7-3-1-2-4-9-5-6-10-8-9/h1-8,10H. The molecule has 1 aromatic rings. The first-order chi connectivity index (χ1) is 5.43. The zero-order valence-corrected chi connectivity index (χ0v) is 6.03. The molecule has 11 heavy (non-hydrogen) atoms. The fourth-order valence-corrected chi connectivity index (χ4v) is 0.717. The molecule has 0 saturated heterocycles. The monoisotopic (exact) mass is 147 g/mol. The Bertz CT molecular complexity index is 257. The Morgan fingerprint density at radius 2 is 2.18 bits per heavy atom. The average Bonchev–Trinajstić information content (AvgIpc) is 2.50. The lowest BCUT2D eigenvalue weighted by atomic mass is 10.3. The number of hydrogen-bond acceptors (Lipinski definition) is 1. The van der Waals surface area contributed by atoms with E-state index in [-0.39, 0.29) is 0 Å². The number of hydrogen-bond donors (Lipinski definition) is 1. The fraction of sp³-hybridized carbons (Fsp3) is 0. The molecule has 0 aliphatic rings. The summed E-state index contributed by atoms with van der Waals surface area (Å²) in [6, 6.07) is 1.95. The highest BCUT2D eigenvalue weighted by Crippen LogP contribution is 1.98. The summed E-state index contributed by atoms with van der Waals surface area (Å²) >= 11 is 0. The highest BCUT2D eigenvalue weighted by atomic mass is 16.1. The van der Waals surface area contributed by atoms with E-state index < -0.39 is 0 Å². The summed E-state index contributed by atoms with van der Waals surface area (Å²) in [6.07, 6.45) is 11.4. The minimum Gasteiger partial charge on any atom is -0.367 e. The van der Waals surface area contributed by atoms with E-state index in [2.05, 4.69) is 4.98 Å². The molecular weight excluding hydrogens is 138 g/mol. The van der Waals surface area contributed by atoms with Gasteiger partial charge in [0.15, 0.2) is 0 Å². The molecule has 0 spiro atoms. The van der Waals surface area contributed by atoms with Crippen LogP contribution in [0, 0.1) is 0 Å². The maximum Gasteiger partial charge on any atom is 0.142 e. The molecule has 0 fully saturated rings. The van der Waals surface area contributed by atoms with Crippen LogP contribution in [0.3, 0.4) is 0 Å². The van der Waals surface area contributed by atoms with E-state index in [1.807, 2.05) is 30.6 Å². The van der Waals surface area contributed by atoms with Gasteiger partial charge in [0.2, 0.25) is 0 Å². The van der Waals surface area contributed by atoms with Crippen molar-refractivity contribution in [2.75, 3.05) is 0 Å². The third-order valence-electron chi connectivity index (χ3n) is 1.21. The van der Waals surface area contributed by atoms with Gasteiger partial charge in [0.05, 0.1) is 0 Å². The second kappa shape index (κ2) is 4.28. The van der Waals surface area contributed by atoms with Gasteiger partial charge in [-0.2, -0.15) is 0 Å². The molecule has 0 aliphatic carbocycles. The number of nitrogens with one attached hydrogen (secondary N) is 1. The molecule has 0 radical (unpaired) electrons. The Morgan fingerprint density at radius 3 is 2.82 bits per heavy atom. The summed E-state index contributed by atoms with van der Waals surface area (Å²) in [5, 5.41) is 0. The Labute approximate surface area is 65.2 Å². The summed E-state index contributed by atoms with van der Waals surface area (Å²) in [7, 11) is 0. The third kappa shape index (κ3) is 2.67. The largest absolute Gasteiger partial charge is 0.367 e. The second-order valence-corrected chi connectivity index (χ2v) is 2.02. The van der Waals surface area contributed by atoms with E-state index in [1.165, 1.54) is 6.08 Å². The van der Waals surface area contributed by atoms with Crippen molar-refractivity contribution in [1.29, 1.82) is 0 Å². The van der Waals surface area contributed by atoms with Crippen LogP contribution in [-0.2, 0) is 4.79 Å². The number of carbonyl (C=O) groups excluding carboxylic acids is 1. The zero-order valence-electron chi connectivity index (χ0n) is 6.03. The van der Waals surface area contributed by atoms with Gasteiger partial charge in [0.25, 0.3) is 0 Å². The van der Waals surface area contributed by atoms with Crippen molar-refractivity contribution in [2.45, 2.75) is 0 Å². The molecule has 0 saturated carbocycles. The molecule has 2 nitrogen and oxygen atoms in total. The van der Waals surface area contributed by atoms with Crippen LogP contribution in [0.15, 0.2) is 36.7 Å². The number of carbonyl (C=O) groups is 1. The summed E-state index contributed by atoms with van der Waals surface area (Å²) < 4.78 is 0. The number of aromatic nitrogens is 1. The van der Waals surface area contributed by atoms with Gasteiger partial charge in [-0.15, -0.1) is 0 Å². The normalized spacial score (nSPS) is 11.3. The molecule has 1 rings (SSSR count). The van der Waals surface area contributed by atoms with Crippen molar-refractivity contribution in [2.24, 2.45) is 0 Å². The van der Waals surface area contributed by atoms with Gasteiger partial charge in [-0.05, 0) is 17.7 Å². The minimum absolute atomic E-state index is 0.751. The van der Waals surface area contributed by atoms with E-state index in [9.17, 15) is 4.79 Å². The van der Waals surface area contributed by atoms with Crippen molar-refractivity contribution in [3.63, 3.8) is 0 Å². The van der Waals surface area contributed by atoms with Gasteiger partial charge in [0.1, 0.15) is 6.29 Å². The lowest BCUT2D eigenvalue weighted by Gasteiger charge is -1.77. The quantitative estimate of drug-likeness (QED) is 0.394. The maximum atomic E-state index is 9.84. The summed E-state index contributed by atoms with van der Waals surface area (Å²) in [4.78, 5) is 12.8. The van der Waals surface area contributed by atoms with Crippen LogP contribution in [0.4, 0.5) is 0 Å². The number of aldehydes is 1. The number of H-pyrrole nitrogens is 1. The van der Waals surface area contributed by atoms with E-state index in [0.717, 1.165) is 11.8 Å². The van der Waals surface area contributed by atoms with E-state index in [1.54, 1.807) is 6.08 Å². The Kier molecular flexibility index (Phi) is 2.93. The molecule has 0 atom stereocenters. The zero-order chi connectivity index (χ0) is 7.94. The Balaban J connectivity index is 2.49. The first-order valence-electron chi connectivity index (χ1n) is 3.35. The van der Waals surface area contributed by atoms with Crippen molar-refractivity contribution >= 4 is 12.4 Å². The van der Waals surface area contributed by atoms with E-state index in [4.69, 9.17) is 0 Å². The lowest BCUT2D eigenvalue weighted by Crippen LogP contribution is -1.59. The second-order valence-electron chi connectivity index (χ2n) is 2.02. The summed E-state index contributed by atoms with van der Waals surface area (Å²) in [5.41, 5.74) is 1.10. The van der Waals surface area contributed by atoms with Crippen molar-refractivity contribution in [3.05, 3.63) is 42.3 Å². The fourth-order valence-electron chi connectivity index (χ4n) is 0.717. The molecule has 0 unspecified atom stereocenters. The Hall–Kier alpha value is -1.57. The number of aromatic amines is 1. The summed E-state index contributed by atoms with van der Waals surface area (Å²) in [6.45, 7) is 0. The third-order valence-corrected chi connectivity index (χ3v) is 1.21. The van der Waals surface area contributed by atoms with Crippen LogP contribution in [0.1, 0.15) is 5.56 Å². The van der Waals surface area contributed by atoms with Crippen LogP contribution in [0.25, 0.3) is 6.08 Å². The van der Waals surface area contributed by atoms with Gasteiger partial charge < -0.3 is 4.98 Å². The van der Waals surface area contributed by atoms with Crippen LogP contribution < -0.4 is 0 Å².